The van der Waals surface area contributed by atoms with E-state index in [2.05, 4.69) is 0 Å². The normalized spacial score (nSPS) is 14.8. The van der Waals surface area contributed by atoms with Gasteiger partial charge in [-0.15, -0.1) is 0 Å². The number of ether oxygens (including phenoxy) is 1. The summed E-state index contributed by atoms with van der Waals surface area (Å²) in [6, 6.07) is 0. The maximum absolute atomic E-state index is 10.1. The number of rotatable bonds is 1. The summed E-state index contributed by atoms with van der Waals surface area (Å²) in [7, 11) is 0. The van der Waals surface area contributed by atoms with Crippen LogP contribution in [0.5, 0.6) is 0 Å². The Bertz CT molecular complexity index is 98.5. The van der Waals surface area contributed by atoms with E-state index < -0.39 is 0 Å². The second-order valence-corrected chi connectivity index (χ2v) is 1.81. The van der Waals surface area contributed by atoms with Gasteiger partial charge in [-0.2, -0.15) is 0 Å². The molecule has 1 saturated carbocycles. The van der Waals surface area contributed by atoms with E-state index in [-0.39, 0.29) is 52.6 Å². The summed E-state index contributed by atoms with van der Waals surface area (Å²) in [4.78, 5) is 10.1. The summed E-state index contributed by atoms with van der Waals surface area (Å²) < 4.78 is 4.72. The third-order valence-electron chi connectivity index (χ3n) is 0.857. The van der Waals surface area contributed by atoms with Crippen LogP contribution in [-0.4, -0.2) is 12.1 Å². The van der Waals surface area contributed by atoms with Crippen molar-refractivity contribution in [2.24, 2.45) is 0 Å². The molecule has 0 aromatic heterocycles. The Morgan fingerprint density at radius 1 is 1.56 bits per heavy atom. The van der Waals surface area contributed by atoms with Gasteiger partial charge in [0, 0.05) is 6.92 Å². The van der Waals surface area contributed by atoms with Crippen LogP contribution in [-0.2, 0) is 9.53 Å². The monoisotopic (exact) mass is 116 g/mol. The van der Waals surface area contributed by atoms with Crippen LogP contribution in [0.15, 0.2) is 0 Å². The van der Waals surface area contributed by atoms with Crippen LogP contribution in [0, 0.1) is 0 Å². The summed E-state index contributed by atoms with van der Waals surface area (Å²) in [5.74, 6) is -0.150. The van der Waals surface area contributed by atoms with E-state index in [1.165, 1.54) is 6.92 Å². The second kappa shape index (κ2) is 5.45. The SMILES string of the molecule is CC(=O)OC1CC1.[H-].[H-].[Li+].[Li+]. The average Bonchev–Trinajstić information content (AvgIpc) is 2.17. The molecule has 0 aromatic carbocycles. The van der Waals surface area contributed by atoms with Gasteiger partial charge in [-0.25, -0.2) is 0 Å². The average molecular weight is 116 g/mol. The molecule has 0 spiro atoms. The van der Waals surface area contributed by atoms with Crippen molar-refractivity contribution in [3.8, 4) is 0 Å². The Morgan fingerprint density at radius 2 is 2.00 bits per heavy atom. The van der Waals surface area contributed by atoms with Gasteiger partial charge in [0.25, 0.3) is 0 Å². The van der Waals surface area contributed by atoms with E-state index >= 15 is 0 Å². The van der Waals surface area contributed by atoms with Gasteiger partial charge in [-0.05, 0) is 12.8 Å². The standard InChI is InChI=1S/C5H8O2.2Li.2H/c1-4(6)7-5-2-3-5;;;;/h5H,2-3H2,1H3;;;;/q;2*+1;2*-1. The molecule has 0 aliphatic heterocycles. The topological polar surface area (TPSA) is 26.3 Å². The quantitative estimate of drug-likeness (QED) is 0.253. The van der Waals surface area contributed by atoms with Crippen molar-refractivity contribution in [3.05, 3.63) is 0 Å². The molecule has 1 rings (SSSR count). The van der Waals surface area contributed by atoms with Crippen LogP contribution in [0.3, 0.4) is 0 Å². The van der Waals surface area contributed by atoms with Gasteiger partial charge in [-0.1, -0.05) is 0 Å². The first-order chi connectivity index (χ1) is 3.29. The van der Waals surface area contributed by atoms with Gasteiger partial charge in [-0.3, -0.25) is 4.79 Å². The van der Waals surface area contributed by atoms with Crippen molar-refractivity contribution in [1.82, 2.24) is 0 Å². The first-order valence-electron chi connectivity index (χ1n) is 2.46. The smallest absolute Gasteiger partial charge is 1.00 e. The number of hydrogen-bond donors (Lipinski definition) is 0. The predicted molar refractivity (Wildman–Crippen MR) is 27.0 cm³/mol. The van der Waals surface area contributed by atoms with Crippen molar-refractivity contribution < 1.29 is 50.1 Å². The fraction of sp³-hybridized carbons (Fsp3) is 0.800. The van der Waals surface area contributed by atoms with Crippen molar-refractivity contribution >= 4 is 5.97 Å². The fourth-order valence-corrected chi connectivity index (χ4v) is 0.421. The molecule has 9 heavy (non-hydrogen) atoms. The number of carbonyl (C=O) groups excluding carboxylic acids is 1. The van der Waals surface area contributed by atoms with Crippen LogP contribution >= 0.6 is 0 Å². The van der Waals surface area contributed by atoms with Gasteiger partial charge in [0.1, 0.15) is 6.10 Å². The minimum atomic E-state index is -0.150. The van der Waals surface area contributed by atoms with Crippen LogP contribution in [0.1, 0.15) is 22.6 Å². The van der Waals surface area contributed by atoms with Gasteiger partial charge in [0.15, 0.2) is 0 Å². The molecule has 0 radical (unpaired) electrons. The summed E-state index contributed by atoms with van der Waals surface area (Å²) >= 11 is 0. The van der Waals surface area contributed by atoms with E-state index in [1.54, 1.807) is 0 Å². The fourth-order valence-electron chi connectivity index (χ4n) is 0.421. The van der Waals surface area contributed by atoms with E-state index in [0.717, 1.165) is 12.8 Å². The molecule has 0 unspecified atom stereocenters. The van der Waals surface area contributed by atoms with E-state index in [1.807, 2.05) is 0 Å². The predicted octanol–water partition coefficient (Wildman–Crippen LogP) is -5.06. The van der Waals surface area contributed by atoms with Gasteiger partial charge in [0.05, 0.1) is 0 Å². The zero-order chi connectivity index (χ0) is 5.28. The van der Waals surface area contributed by atoms with Crippen molar-refractivity contribution in [2.75, 3.05) is 0 Å². The number of esters is 1. The molecule has 44 valence electrons. The van der Waals surface area contributed by atoms with E-state index in [4.69, 9.17) is 4.74 Å². The largest absolute Gasteiger partial charge is 1.00 e. The molecule has 0 aromatic rings. The van der Waals surface area contributed by atoms with Crippen molar-refractivity contribution in [3.63, 3.8) is 0 Å². The third kappa shape index (κ3) is 6.55. The second-order valence-electron chi connectivity index (χ2n) is 1.81. The zero-order valence-electron chi connectivity index (χ0n) is 8.31. The molecule has 0 bridgehead atoms. The summed E-state index contributed by atoms with van der Waals surface area (Å²) in [5.41, 5.74) is 0. The molecule has 4 heteroatoms. The Morgan fingerprint density at radius 3 is 2.11 bits per heavy atom. The third-order valence-corrected chi connectivity index (χ3v) is 0.857. The van der Waals surface area contributed by atoms with Crippen LogP contribution in [0.2, 0.25) is 0 Å². The maximum Gasteiger partial charge on any atom is 1.00 e. The summed E-state index contributed by atoms with van der Waals surface area (Å²) in [5, 5.41) is 0. The van der Waals surface area contributed by atoms with Crippen LogP contribution < -0.4 is 37.7 Å². The molecule has 1 aliphatic rings. The molecular formula is C5H10Li2O2. The summed E-state index contributed by atoms with van der Waals surface area (Å²) in [6.45, 7) is 1.44. The summed E-state index contributed by atoms with van der Waals surface area (Å²) in [6.07, 6.45) is 2.41. The molecule has 0 N–H and O–H groups in total. The van der Waals surface area contributed by atoms with Crippen molar-refractivity contribution in [1.29, 1.82) is 0 Å². The Hall–Kier alpha value is 0.665. The van der Waals surface area contributed by atoms with Crippen molar-refractivity contribution in [2.45, 2.75) is 25.9 Å². The minimum Gasteiger partial charge on any atom is -1.00 e. The van der Waals surface area contributed by atoms with E-state index in [0.29, 0.717) is 0 Å². The number of hydrogen-bond acceptors (Lipinski definition) is 2. The molecule has 0 atom stereocenters. The Balaban J connectivity index is -0.0000000612. The number of carbonyl (C=O) groups is 1. The molecule has 0 amide bonds. The zero-order valence-corrected chi connectivity index (χ0v) is 6.31. The van der Waals surface area contributed by atoms with Gasteiger partial charge >= 0.3 is 43.7 Å². The molecule has 1 aliphatic carbocycles. The molecule has 0 saturated heterocycles. The van der Waals surface area contributed by atoms with Gasteiger partial charge < -0.3 is 7.59 Å². The first kappa shape index (κ1) is 12.4. The molecular weight excluding hydrogens is 106 g/mol. The molecule has 1 fully saturated rings. The van der Waals surface area contributed by atoms with E-state index in [9.17, 15) is 4.79 Å². The van der Waals surface area contributed by atoms with Crippen LogP contribution in [0.25, 0.3) is 0 Å². The Labute approximate surface area is 82.0 Å². The van der Waals surface area contributed by atoms with Crippen LogP contribution in [0.4, 0.5) is 0 Å². The van der Waals surface area contributed by atoms with Gasteiger partial charge in [0.2, 0.25) is 0 Å². The molecule has 0 heterocycles. The molecule has 2 nitrogen and oxygen atoms in total. The first-order valence-corrected chi connectivity index (χ1v) is 2.46. The minimum absolute atomic E-state index is 0. The Kier molecular flexibility index (Phi) is 7.48. The maximum atomic E-state index is 10.1.